The summed E-state index contributed by atoms with van der Waals surface area (Å²) in [5.41, 5.74) is 0.646. The Kier molecular flexibility index (Phi) is 4.92. The fourth-order valence-electron chi connectivity index (χ4n) is 1.23. The minimum absolute atomic E-state index is 0.433. The van der Waals surface area contributed by atoms with Gasteiger partial charge < -0.3 is 14.7 Å². The van der Waals surface area contributed by atoms with Crippen molar-refractivity contribution >= 4 is 17.8 Å². The van der Waals surface area contributed by atoms with E-state index in [1.807, 2.05) is 6.92 Å². The Morgan fingerprint density at radius 2 is 2.25 bits per heavy atom. The minimum Gasteiger partial charge on any atom is -0.493 e. The lowest BCUT2D eigenvalue weighted by molar-refractivity contribution is 0.294. The van der Waals surface area contributed by atoms with Crippen LogP contribution in [0.3, 0.4) is 0 Å². The molecule has 0 aliphatic heterocycles. The molecule has 1 aromatic rings. The lowest BCUT2D eigenvalue weighted by atomic mass is 10.2. The third-order valence-electron chi connectivity index (χ3n) is 1.91. The van der Waals surface area contributed by atoms with Crippen LogP contribution in [0.2, 0.25) is 5.02 Å². The highest BCUT2D eigenvalue weighted by Crippen LogP contribution is 2.36. The van der Waals surface area contributed by atoms with E-state index in [0.717, 1.165) is 6.42 Å². The summed E-state index contributed by atoms with van der Waals surface area (Å²) in [6, 6.07) is 3.34. The summed E-state index contributed by atoms with van der Waals surface area (Å²) in [7, 11) is 1.53. The van der Waals surface area contributed by atoms with Crippen molar-refractivity contribution < 1.29 is 14.7 Å². The van der Waals surface area contributed by atoms with Gasteiger partial charge in [-0.1, -0.05) is 23.7 Å². The number of benzene rings is 1. The first-order valence-electron chi connectivity index (χ1n) is 4.90. The molecular formula is C11H14ClNO3. The van der Waals surface area contributed by atoms with Gasteiger partial charge in [0.25, 0.3) is 0 Å². The molecule has 0 spiro atoms. The van der Waals surface area contributed by atoms with Crippen molar-refractivity contribution in [1.29, 1.82) is 0 Å². The molecule has 16 heavy (non-hydrogen) atoms. The standard InChI is InChI=1S/C11H14ClNO3/c1-3-4-16-11-9(12)5-8(7-13-14)6-10(11)15-2/h5-7,14H,3-4H2,1-2H3/b13-7-. The summed E-state index contributed by atoms with van der Waals surface area (Å²) < 4.78 is 10.6. The van der Waals surface area contributed by atoms with Gasteiger partial charge in [-0.15, -0.1) is 0 Å². The topological polar surface area (TPSA) is 51.0 Å². The Morgan fingerprint density at radius 3 is 2.81 bits per heavy atom. The zero-order chi connectivity index (χ0) is 12.0. The fraction of sp³-hybridized carbons (Fsp3) is 0.364. The number of ether oxygens (including phenoxy) is 2. The normalized spacial score (nSPS) is 10.7. The van der Waals surface area contributed by atoms with E-state index in [1.54, 1.807) is 12.1 Å². The molecule has 1 aromatic carbocycles. The molecule has 0 saturated heterocycles. The first-order valence-corrected chi connectivity index (χ1v) is 5.28. The van der Waals surface area contributed by atoms with Crippen LogP contribution in [0.4, 0.5) is 0 Å². The fourth-order valence-corrected chi connectivity index (χ4v) is 1.50. The number of rotatable bonds is 5. The van der Waals surface area contributed by atoms with Crippen LogP contribution in [0.1, 0.15) is 18.9 Å². The SMILES string of the molecule is CCCOc1c(Cl)cc(/C=N\O)cc1OC. The van der Waals surface area contributed by atoms with E-state index in [0.29, 0.717) is 28.7 Å². The highest BCUT2D eigenvalue weighted by molar-refractivity contribution is 6.32. The van der Waals surface area contributed by atoms with Crippen molar-refractivity contribution in [2.24, 2.45) is 5.16 Å². The molecule has 1 N–H and O–H groups in total. The smallest absolute Gasteiger partial charge is 0.179 e. The van der Waals surface area contributed by atoms with Gasteiger partial charge in [-0.2, -0.15) is 0 Å². The maximum absolute atomic E-state index is 8.44. The molecule has 0 saturated carbocycles. The zero-order valence-electron chi connectivity index (χ0n) is 9.24. The van der Waals surface area contributed by atoms with Gasteiger partial charge in [0.15, 0.2) is 11.5 Å². The number of hydrogen-bond acceptors (Lipinski definition) is 4. The van der Waals surface area contributed by atoms with E-state index in [2.05, 4.69) is 5.16 Å². The van der Waals surface area contributed by atoms with Crippen molar-refractivity contribution in [3.8, 4) is 11.5 Å². The van der Waals surface area contributed by atoms with E-state index in [1.165, 1.54) is 13.3 Å². The highest BCUT2D eigenvalue weighted by atomic mass is 35.5. The monoisotopic (exact) mass is 243 g/mol. The Bertz CT molecular complexity index is 380. The zero-order valence-corrected chi connectivity index (χ0v) is 9.99. The number of nitrogens with zero attached hydrogens (tertiary/aromatic N) is 1. The predicted octanol–water partition coefficient (Wildman–Crippen LogP) is 2.95. The second kappa shape index (κ2) is 6.23. The first kappa shape index (κ1) is 12.6. The molecule has 0 bridgehead atoms. The lowest BCUT2D eigenvalue weighted by Gasteiger charge is -2.12. The Balaban J connectivity index is 3.07. The molecule has 0 fully saturated rings. The molecule has 0 unspecified atom stereocenters. The average Bonchev–Trinajstić information content (AvgIpc) is 2.27. The molecule has 0 heterocycles. The van der Waals surface area contributed by atoms with Gasteiger partial charge in [0.2, 0.25) is 0 Å². The van der Waals surface area contributed by atoms with Crippen LogP contribution in [0.25, 0.3) is 0 Å². The largest absolute Gasteiger partial charge is 0.493 e. The molecule has 0 aliphatic carbocycles. The van der Waals surface area contributed by atoms with Crippen molar-refractivity contribution in [2.75, 3.05) is 13.7 Å². The maximum Gasteiger partial charge on any atom is 0.179 e. The van der Waals surface area contributed by atoms with Crippen molar-refractivity contribution in [2.45, 2.75) is 13.3 Å². The number of hydrogen-bond donors (Lipinski definition) is 1. The Hall–Kier alpha value is -1.42. The summed E-state index contributed by atoms with van der Waals surface area (Å²) >= 11 is 6.04. The summed E-state index contributed by atoms with van der Waals surface area (Å²) in [5.74, 6) is 1.04. The van der Waals surface area contributed by atoms with Crippen LogP contribution in [0.15, 0.2) is 17.3 Å². The van der Waals surface area contributed by atoms with Crippen LogP contribution >= 0.6 is 11.6 Å². The van der Waals surface area contributed by atoms with Gasteiger partial charge in [-0.05, 0) is 18.6 Å². The van der Waals surface area contributed by atoms with E-state index >= 15 is 0 Å². The number of methoxy groups -OCH3 is 1. The lowest BCUT2D eigenvalue weighted by Crippen LogP contribution is -1.99. The van der Waals surface area contributed by atoms with Crippen LogP contribution in [0, 0.1) is 0 Å². The summed E-state index contributed by atoms with van der Waals surface area (Å²) in [4.78, 5) is 0. The highest BCUT2D eigenvalue weighted by Gasteiger charge is 2.11. The van der Waals surface area contributed by atoms with Crippen LogP contribution < -0.4 is 9.47 Å². The van der Waals surface area contributed by atoms with Crippen LogP contribution in [-0.2, 0) is 0 Å². The predicted molar refractivity (Wildman–Crippen MR) is 63.2 cm³/mol. The maximum atomic E-state index is 8.44. The average molecular weight is 244 g/mol. The molecule has 5 heteroatoms. The van der Waals surface area contributed by atoms with Gasteiger partial charge in [0.1, 0.15) is 0 Å². The molecule has 88 valence electrons. The van der Waals surface area contributed by atoms with Gasteiger partial charge >= 0.3 is 0 Å². The van der Waals surface area contributed by atoms with E-state index < -0.39 is 0 Å². The van der Waals surface area contributed by atoms with Crippen LogP contribution in [0.5, 0.6) is 11.5 Å². The van der Waals surface area contributed by atoms with Gasteiger partial charge in [-0.3, -0.25) is 0 Å². The Labute approximate surface area is 99.4 Å². The third kappa shape index (κ3) is 3.03. The van der Waals surface area contributed by atoms with Crippen molar-refractivity contribution in [1.82, 2.24) is 0 Å². The van der Waals surface area contributed by atoms with E-state index in [4.69, 9.17) is 26.3 Å². The number of oxime groups is 1. The van der Waals surface area contributed by atoms with E-state index in [-0.39, 0.29) is 0 Å². The molecule has 0 radical (unpaired) electrons. The molecular weight excluding hydrogens is 230 g/mol. The molecule has 0 aromatic heterocycles. The van der Waals surface area contributed by atoms with Crippen molar-refractivity contribution in [3.63, 3.8) is 0 Å². The summed E-state index contributed by atoms with van der Waals surface area (Å²) in [5, 5.41) is 11.8. The molecule has 1 rings (SSSR count). The molecule has 0 atom stereocenters. The van der Waals surface area contributed by atoms with Gasteiger partial charge in [0.05, 0.1) is 25.0 Å². The second-order valence-electron chi connectivity index (χ2n) is 3.13. The summed E-state index contributed by atoms with van der Waals surface area (Å²) in [6.45, 7) is 2.58. The second-order valence-corrected chi connectivity index (χ2v) is 3.53. The van der Waals surface area contributed by atoms with E-state index in [9.17, 15) is 0 Å². The van der Waals surface area contributed by atoms with Gasteiger partial charge in [-0.25, -0.2) is 0 Å². The molecule has 0 amide bonds. The van der Waals surface area contributed by atoms with Crippen LogP contribution in [-0.4, -0.2) is 25.1 Å². The number of halogens is 1. The van der Waals surface area contributed by atoms with Gasteiger partial charge in [0, 0.05) is 5.56 Å². The van der Waals surface area contributed by atoms with Crippen molar-refractivity contribution in [3.05, 3.63) is 22.7 Å². The molecule has 4 nitrogen and oxygen atoms in total. The summed E-state index contributed by atoms with van der Waals surface area (Å²) in [6.07, 6.45) is 2.16. The molecule has 0 aliphatic rings. The quantitative estimate of drug-likeness (QED) is 0.491. The minimum atomic E-state index is 0.433. The Morgan fingerprint density at radius 1 is 1.50 bits per heavy atom. The third-order valence-corrected chi connectivity index (χ3v) is 2.19. The first-order chi connectivity index (χ1) is 7.72.